The fourth-order valence-electron chi connectivity index (χ4n) is 6.47. The lowest BCUT2D eigenvalue weighted by Crippen LogP contribution is -2.12. The van der Waals surface area contributed by atoms with E-state index in [0.29, 0.717) is 0 Å². The van der Waals surface area contributed by atoms with E-state index in [-0.39, 0.29) is 0 Å². The van der Waals surface area contributed by atoms with Crippen LogP contribution in [0, 0.1) is 0 Å². The maximum absolute atomic E-state index is 4.27. The standard InChI is InChI=1S/C46H33NS2/c1-3-39-40(4-2)42(31-36-17-11-12-18-41(36)39)47(37-23-19-34(20-24-37)45-29-27-43(48-45)32-13-7-5-8-14-32)38-25-21-35(22-26-38)46-30-28-44(49-46)33-15-9-6-10-16-33/h3-31H,1-2H2. The van der Waals surface area contributed by atoms with Crippen LogP contribution in [-0.2, 0) is 0 Å². The van der Waals surface area contributed by atoms with Crippen molar-refractivity contribution in [2.45, 2.75) is 0 Å². The summed E-state index contributed by atoms with van der Waals surface area (Å²) in [6.45, 7) is 8.48. The van der Waals surface area contributed by atoms with Gasteiger partial charge in [-0.15, -0.1) is 22.7 Å². The predicted molar refractivity (Wildman–Crippen MR) is 216 cm³/mol. The van der Waals surface area contributed by atoms with E-state index in [2.05, 4.69) is 182 Å². The first kappa shape index (κ1) is 30.6. The average Bonchev–Trinajstić information content (AvgIpc) is 3.87. The van der Waals surface area contributed by atoms with Crippen LogP contribution in [0.2, 0.25) is 0 Å². The number of nitrogens with zero attached hydrogens (tertiary/aromatic N) is 1. The van der Waals surface area contributed by atoms with Crippen LogP contribution in [0.15, 0.2) is 177 Å². The molecule has 2 heterocycles. The lowest BCUT2D eigenvalue weighted by atomic mass is 9.95. The zero-order chi connectivity index (χ0) is 33.2. The highest BCUT2D eigenvalue weighted by atomic mass is 32.1. The molecule has 0 atom stereocenters. The lowest BCUT2D eigenvalue weighted by molar-refractivity contribution is 1.28. The first-order chi connectivity index (χ1) is 24.2. The van der Waals surface area contributed by atoms with Gasteiger partial charge in [0.15, 0.2) is 0 Å². The zero-order valence-electron chi connectivity index (χ0n) is 26.9. The van der Waals surface area contributed by atoms with Gasteiger partial charge in [-0.25, -0.2) is 0 Å². The van der Waals surface area contributed by atoms with Crippen molar-refractivity contribution in [2.24, 2.45) is 0 Å². The highest BCUT2D eigenvalue weighted by molar-refractivity contribution is 7.19. The Morgan fingerprint density at radius 3 is 1.27 bits per heavy atom. The van der Waals surface area contributed by atoms with E-state index >= 15 is 0 Å². The van der Waals surface area contributed by atoms with E-state index in [9.17, 15) is 0 Å². The van der Waals surface area contributed by atoms with Crippen LogP contribution in [0.4, 0.5) is 17.1 Å². The Morgan fingerprint density at radius 2 is 0.816 bits per heavy atom. The van der Waals surface area contributed by atoms with E-state index in [1.807, 2.05) is 34.8 Å². The summed E-state index contributed by atoms with van der Waals surface area (Å²) in [7, 11) is 0. The molecule has 0 bridgehead atoms. The third-order valence-corrected chi connectivity index (χ3v) is 11.3. The Morgan fingerprint density at radius 1 is 0.408 bits per heavy atom. The SMILES string of the molecule is C=Cc1c(N(c2ccc(-c3ccc(-c4ccccc4)s3)cc2)c2ccc(-c3ccc(-c4ccccc4)s3)cc2)cc2ccccc2c1C=C. The second-order valence-corrected chi connectivity index (χ2v) is 14.0. The first-order valence-corrected chi connectivity index (χ1v) is 18.0. The lowest BCUT2D eigenvalue weighted by Gasteiger charge is -2.29. The van der Waals surface area contributed by atoms with E-state index < -0.39 is 0 Å². The number of rotatable bonds is 9. The van der Waals surface area contributed by atoms with Crippen molar-refractivity contribution < 1.29 is 0 Å². The molecular formula is C46H33NS2. The number of benzene rings is 6. The molecule has 6 aromatic carbocycles. The number of thiophene rings is 2. The molecule has 0 saturated carbocycles. The third-order valence-electron chi connectivity index (χ3n) is 8.91. The Kier molecular flexibility index (Phi) is 8.37. The number of anilines is 3. The molecule has 0 N–H and O–H groups in total. The summed E-state index contributed by atoms with van der Waals surface area (Å²) in [5, 5.41) is 2.33. The number of fused-ring (bicyclic) bond motifs is 1. The van der Waals surface area contributed by atoms with Gasteiger partial charge < -0.3 is 4.90 Å². The summed E-state index contributed by atoms with van der Waals surface area (Å²) in [5.41, 5.74) is 10.2. The molecule has 0 radical (unpaired) electrons. The molecule has 0 saturated heterocycles. The molecule has 0 fully saturated rings. The topological polar surface area (TPSA) is 3.24 Å². The van der Waals surface area contributed by atoms with Crippen LogP contribution in [0.3, 0.4) is 0 Å². The van der Waals surface area contributed by atoms with Crippen molar-refractivity contribution in [3.8, 4) is 41.8 Å². The fraction of sp³-hybridized carbons (Fsp3) is 0. The second kappa shape index (κ2) is 13.4. The van der Waals surface area contributed by atoms with Crippen molar-refractivity contribution in [1.82, 2.24) is 0 Å². The molecule has 234 valence electrons. The molecule has 0 spiro atoms. The van der Waals surface area contributed by atoms with Gasteiger partial charge in [-0.3, -0.25) is 0 Å². The molecule has 0 aliphatic carbocycles. The van der Waals surface area contributed by atoms with Crippen molar-refractivity contribution >= 4 is 62.7 Å². The van der Waals surface area contributed by atoms with Gasteiger partial charge in [-0.2, -0.15) is 0 Å². The summed E-state index contributed by atoms with van der Waals surface area (Å²) in [4.78, 5) is 7.38. The van der Waals surface area contributed by atoms with Gasteiger partial charge in [0.25, 0.3) is 0 Å². The maximum Gasteiger partial charge on any atom is 0.0546 e. The molecule has 0 aliphatic rings. The van der Waals surface area contributed by atoms with Gasteiger partial charge in [0.05, 0.1) is 5.69 Å². The second-order valence-electron chi connectivity index (χ2n) is 11.8. The number of hydrogen-bond acceptors (Lipinski definition) is 3. The molecule has 0 amide bonds. The Bertz CT molecular complexity index is 2280. The normalized spacial score (nSPS) is 11.0. The molecule has 8 aromatic rings. The molecular weight excluding hydrogens is 631 g/mol. The molecule has 0 unspecified atom stereocenters. The van der Waals surface area contributed by atoms with E-state index in [0.717, 1.165) is 33.6 Å². The molecule has 2 aromatic heterocycles. The van der Waals surface area contributed by atoms with Crippen LogP contribution >= 0.6 is 22.7 Å². The number of hydrogen-bond donors (Lipinski definition) is 0. The van der Waals surface area contributed by atoms with Crippen LogP contribution in [0.1, 0.15) is 11.1 Å². The van der Waals surface area contributed by atoms with Crippen molar-refractivity contribution in [3.63, 3.8) is 0 Å². The third kappa shape index (κ3) is 5.95. The maximum atomic E-state index is 4.27. The Hall–Kier alpha value is -5.74. The van der Waals surface area contributed by atoms with Crippen molar-refractivity contribution in [3.05, 3.63) is 188 Å². The van der Waals surface area contributed by atoms with Crippen LogP contribution in [-0.4, -0.2) is 0 Å². The monoisotopic (exact) mass is 663 g/mol. The van der Waals surface area contributed by atoms with Gasteiger partial charge in [0, 0.05) is 36.4 Å². The predicted octanol–water partition coefficient (Wildman–Crippen LogP) is 14.4. The van der Waals surface area contributed by atoms with Gasteiger partial charge in [0.1, 0.15) is 0 Å². The van der Waals surface area contributed by atoms with E-state index in [4.69, 9.17) is 0 Å². The Balaban J connectivity index is 1.21. The quantitative estimate of drug-likeness (QED) is 0.149. The minimum atomic E-state index is 1.05. The minimum Gasteiger partial charge on any atom is -0.310 e. The minimum absolute atomic E-state index is 1.05. The largest absolute Gasteiger partial charge is 0.310 e. The molecule has 1 nitrogen and oxygen atoms in total. The van der Waals surface area contributed by atoms with Crippen molar-refractivity contribution in [2.75, 3.05) is 4.90 Å². The molecule has 0 aliphatic heterocycles. The summed E-state index contributed by atoms with van der Waals surface area (Å²) >= 11 is 3.64. The molecule has 3 heteroatoms. The molecule has 49 heavy (non-hydrogen) atoms. The van der Waals surface area contributed by atoms with Crippen molar-refractivity contribution in [1.29, 1.82) is 0 Å². The Labute approximate surface area is 296 Å². The first-order valence-electron chi connectivity index (χ1n) is 16.3. The zero-order valence-corrected chi connectivity index (χ0v) is 28.6. The van der Waals surface area contributed by atoms with Gasteiger partial charge in [0.2, 0.25) is 0 Å². The smallest absolute Gasteiger partial charge is 0.0546 e. The summed E-state index contributed by atoms with van der Waals surface area (Å²) < 4.78 is 0. The van der Waals surface area contributed by atoms with E-state index in [1.54, 1.807) is 0 Å². The molecule has 8 rings (SSSR count). The van der Waals surface area contributed by atoms with Gasteiger partial charge >= 0.3 is 0 Å². The van der Waals surface area contributed by atoms with Crippen LogP contribution in [0.5, 0.6) is 0 Å². The highest BCUT2D eigenvalue weighted by Gasteiger charge is 2.19. The summed E-state index contributed by atoms with van der Waals surface area (Å²) in [5.74, 6) is 0. The van der Waals surface area contributed by atoms with E-state index in [1.165, 1.54) is 47.1 Å². The highest BCUT2D eigenvalue weighted by Crippen LogP contribution is 2.44. The summed E-state index contributed by atoms with van der Waals surface area (Å²) in [6, 6.07) is 58.7. The fourth-order valence-corrected chi connectivity index (χ4v) is 8.51. The average molecular weight is 664 g/mol. The van der Waals surface area contributed by atoms with Crippen LogP contribution < -0.4 is 4.90 Å². The van der Waals surface area contributed by atoms with Gasteiger partial charge in [-0.05, 0) is 93.2 Å². The summed E-state index contributed by atoms with van der Waals surface area (Å²) in [6.07, 6.45) is 3.91. The van der Waals surface area contributed by atoms with Crippen LogP contribution in [0.25, 0.3) is 64.7 Å². The van der Waals surface area contributed by atoms with Gasteiger partial charge in [-0.1, -0.05) is 135 Å².